The fourth-order valence-electron chi connectivity index (χ4n) is 4.18. The predicted molar refractivity (Wildman–Crippen MR) is 133 cm³/mol. The molecule has 2 aromatic heterocycles. The molecule has 3 aromatic carbocycles. The lowest BCUT2D eigenvalue weighted by Gasteiger charge is -2.14. The second-order valence-corrected chi connectivity index (χ2v) is 7.96. The molecule has 0 amide bonds. The minimum absolute atomic E-state index is 0.758. The molecule has 0 aliphatic carbocycles. The largest absolute Gasteiger partial charge is 0.354 e. The van der Waals surface area contributed by atoms with Gasteiger partial charge >= 0.3 is 0 Å². The molecule has 0 radical (unpaired) electrons. The Labute approximate surface area is 187 Å². The first-order valence-electron chi connectivity index (χ1n) is 10.7. The number of anilines is 1. The van der Waals surface area contributed by atoms with Gasteiger partial charge in [-0.3, -0.25) is 10.1 Å². The van der Waals surface area contributed by atoms with E-state index >= 15 is 0 Å². The Morgan fingerprint density at radius 2 is 1.88 bits per heavy atom. The minimum atomic E-state index is 0.758. The summed E-state index contributed by atoms with van der Waals surface area (Å²) in [7, 11) is 1.96. The molecule has 0 saturated carbocycles. The lowest BCUT2D eigenvalue weighted by molar-refractivity contribution is 0.812. The molecule has 5 aromatic rings. The van der Waals surface area contributed by atoms with Crippen LogP contribution in [0.15, 0.2) is 79.6 Å². The Balaban J connectivity index is 1.53. The van der Waals surface area contributed by atoms with Crippen molar-refractivity contribution in [2.75, 3.05) is 12.4 Å². The molecule has 158 valence electrons. The van der Waals surface area contributed by atoms with Gasteiger partial charge in [-0.15, -0.1) is 0 Å². The zero-order valence-corrected chi connectivity index (χ0v) is 18.2. The predicted octanol–water partition coefficient (Wildman–Crippen LogP) is 5.89. The number of pyridine rings is 1. The minimum Gasteiger partial charge on any atom is -0.354 e. The van der Waals surface area contributed by atoms with Crippen molar-refractivity contribution in [2.24, 2.45) is 0 Å². The molecule has 3 N–H and O–H groups in total. The van der Waals surface area contributed by atoms with E-state index in [4.69, 9.17) is 0 Å². The molecule has 5 nitrogen and oxygen atoms in total. The van der Waals surface area contributed by atoms with Crippen LogP contribution in [0.3, 0.4) is 0 Å². The maximum absolute atomic E-state index is 4.56. The van der Waals surface area contributed by atoms with Crippen molar-refractivity contribution in [2.45, 2.75) is 13.5 Å². The van der Waals surface area contributed by atoms with Crippen molar-refractivity contribution in [1.82, 2.24) is 20.5 Å². The summed E-state index contributed by atoms with van der Waals surface area (Å²) in [5, 5.41) is 17.7. The summed E-state index contributed by atoms with van der Waals surface area (Å²) in [5.74, 6) is 0. The van der Waals surface area contributed by atoms with Crippen molar-refractivity contribution in [3.63, 3.8) is 0 Å². The lowest BCUT2D eigenvalue weighted by atomic mass is 9.99. The van der Waals surface area contributed by atoms with Gasteiger partial charge in [-0.1, -0.05) is 49.0 Å². The molecule has 5 heteroatoms. The lowest BCUT2D eigenvalue weighted by Crippen LogP contribution is -2.08. The Bertz CT molecular complexity index is 1440. The highest BCUT2D eigenvalue weighted by molar-refractivity contribution is 6.00. The summed E-state index contributed by atoms with van der Waals surface area (Å²) in [6.45, 7) is 7.23. The van der Waals surface area contributed by atoms with Crippen LogP contribution >= 0.6 is 0 Å². The second kappa shape index (κ2) is 8.29. The first-order valence-corrected chi connectivity index (χ1v) is 10.7. The molecule has 0 bridgehead atoms. The van der Waals surface area contributed by atoms with Gasteiger partial charge in [0.15, 0.2) is 0 Å². The Kier molecular flexibility index (Phi) is 5.17. The molecule has 0 aliphatic rings. The number of aromatic amines is 1. The summed E-state index contributed by atoms with van der Waals surface area (Å²) >= 11 is 0. The summed E-state index contributed by atoms with van der Waals surface area (Å²) in [4.78, 5) is 4.44. The standard InChI is InChI=1S/C27H25N5/c1-17-20(14-28-3)8-6-10-25(17)30-18(2)27-23-13-19(11-12-26(23)31-32-27)24-16-29-15-21-7-4-5-9-22(21)24/h4-13,15-16,28,30H,2,14H2,1,3H3,(H,31,32). The van der Waals surface area contributed by atoms with Crippen LogP contribution in [0.4, 0.5) is 5.69 Å². The highest BCUT2D eigenvalue weighted by Crippen LogP contribution is 2.32. The van der Waals surface area contributed by atoms with Crippen molar-refractivity contribution >= 4 is 33.1 Å². The third-order valence-corrected chi connectivity index (χ3v) is 5.93. The number of hydrogen-bond donors (Lipinski definition) is 3. The Morgan fingerprint density at radius 1 is 1.00 bits per heavy atom. The Hall–Kier alpha value is -3.96. The number of nitrogens with one attached hydrogen (secondary N) is 3. The molecular formula is C27H25N5. The quantitative estimate of drug-likeness (QED) is 0.321. The van der Waals surface area contributed by atoms with E-state index < -0.39 is 0 Å². The molecule has 5 rings (SSSR count). The molecule has 0 saturated heterocycles. The van der Waals surface area contributed by atoms with Gasteiger partial charge in [0.05, 0.1) is 11.2 Å². The van der Waals surface area contributed by atoms with Crippen LogP contribution in [0, 0.1) is 6.92 Å². The molecule has 0 unspecified atom stereocenters. The van der Waals surface area contributed by atoms with E-state index in [1.165, 1.54) is 16.5 Å². The van der Waals surface area contributed by atoms with Crippen LogP contribution in [-0.4, -0.2) is 22.2 Å². The average Bonchev–Trinajstić information content (AvgIpc) is 3.25. The van der Waals surface area contributed by atoms with Crippen LogP contribution in [-0.2, 0) is 6.54 Å². The highest BCUT2D eigenvalue weighted by Gasteiger charge is 2.13. The van der Waals surface area contributed by atoms with Gasteiger partial charge in [-0.05, 0) is 54.2 Å². The summed E-state index contributed by atoms with van der Waals surface area (Å²) < 4.78 is 0. The van der Waals surface area contributed by atoms with Crippen LogP contribution in [0.1, 0.15) is 16.8 Å². The Morgan fingerprint density at radius 3 is 2.75 bits per heavy atom. The number of H-pyrrole nitrogens is 1. The monoisotopic (exact) mass is 419 g/mol. The van der Waals surface area contributed by atoms with Crippen LogP contribution in [0.2, 0.25) is 0 Å². The van der Waals surface area contributed by atoms with Crippen LogP contribution in [0.5, 0.6) is 0 Å². The number of rotatable bonds is 6. The third kappa shape index (κ3) is 3.53. The van der Waals surface area contributed by atoms with Crippen molar-refractivity contribution < 1.29 is 0 Å². The van der Waals surface area contributed by atoms with Gasteiger partial charge in [-0.2, -0.15) is 5.10 Å². The summed E-state index contributed by atoms with van der Waals surface area (Å²) in [6, 6.07) is 20.9. The molecule has 0 atom stereocenters. The SMILES string of the molecule is C=C(Nc1cccc(CNC)c1C)c1n[nH]c2ccc(-c3cncc4ccccc34)cc12. The van der Waals surface area contributed by atoms with E-state index in [0.29, 0.717) is 0 Å². The van der Waals surface area contributed by atoms with Gasteiger partial charge in [0.2, 0.25) is 0 Å². The van der Waals surface area contributed by atoms with E-state index in [1.807, 2.05) is 25.5 Å². The summed E-state index contributed by atoms with van der Waals surface area (Å²) in [5.41, 5.74) is 8.24. The van der Waals surface area contributed by atoms with Gasteiger partial charge < -0.3 is 10.6 Å². The molecule has 32 heavy (non-hydrogen) atoms. The normalized spacial score (nSPS) is 11.2. The van der Waals surface area contributed by atoms with E-state index in [-0.39, 0.29) is 0 Å². The van der Waals surface area contributed by atoms with Gasteiger partial charge in [-0.25, -0.2) is 0 Å². The van der Waals surface area contributed by atoms with E-state index in [2.05, 4.69) is 93.9 Å². The van der Waals surface area contributed by atoms with Crippen LogP contribution < -0.4 is 10.6 Å². The van der Waals surface area contributed by atoms with Gasteiger partial charge in [0.25, 0.3) is 0 Å². The maximum atomic E-state index is 4.56. The zero-order chi connectivity index (χ0) is 22.1. The van der Waals surface area contributed by atoms with E-state index in [0.717, 1.165) is 51.0 Å². The fourth-order valence-corrected chi connectivity index (χ4v) is 4.18. The van der Waals surface area contributed by atoms with Crippen molar-refractivity contribution in [3.05, 3.63) is 96.5 Å². The average molecular weight is 420 g/mol. The smallest absolute Gasteiger partial charge is 0.116 e. The number of hydrogen-bond acceptors (Lipinski definition) is 4. The number of benzene rings is 3. The molecular weight excluding hydrogens is 394 g/mol. The van der Waals surface area contributed by atoms with Crippen LogP contribution in [0.25, 0.3) is 38.5 Å². The molecule has 2 heterocycles. The molecule has 0 spiro atoms. The highest BCUT2D eigenvalue weighted by atomic mass is 15.1. The fraction of sp³-hybridized carbons (Fsp3) is 0.111. The van der Waals surface area contributed by atoms with E-state index in [9.17, 15) is 0 Å². The first-order chi connectivity index (χ1) is 15.7. The first kappa shape index (κ1) is 20.0. The second-order valence-electron chi connectivity index (χ2n) is 7.96. The van der Waals surface area contributed by atoms with Gasteiger partial charge in [0, 0.05) is 41.0 Å². The third-order valence-electron chi connectivity index (χ3n) is 5.93. The number of aromatic nitrogens is 3. The topological polar surface area (TPSA) is 65.6 Å². The maximum Gasteiger partial charge on any atom is 0.116 e. The van der Waals surface area contributed by atoms with Crippen molar-refractivity contribution in [3.8, 4) is 11.1 Å². The number of fused-ring (bicyclic) bond motifs is 2. The molecule has 0 fully saturated rings. The van der Waals surface area contributed by atoms with Crippen molar-refractivity contribution in [1.29, 1.82) is 0 Å². The van der Waals surface area contributed by atoms with E-state index in [1.54, 1.807) is 0 Å². The molecule has 0 aliphatic heterocycles. The summed E-state index contributed by atoms with van der Waals surface area (Å²) in [6.07, 6.45) is 3.82. The number of nitrogens with zero attached hydrogens (tertiary/aromatic N) is 2. The zero-order valence-electron chi connectivity index (χ0n) is 18.2. The van der Waals surface area contributed by atoms with Gasteiger partial charge in [0.1, 0.15) is 5.69 Å².